The molecule has 2 aliphatic carbocycles. The molecular weight excluding hydrogens is 218 g/mol. The van der Waals surface area contributed by atoms with Gasteiger partial charge in [-0.2, -0.15) is 0 Å². The second-order valence-electron chi connectivity index (χ2n) is 4.98. The average molecular weight is 237 g/mol. The molecule has 4 nitrogen and oxygen atoms in total. The van der Waals surface area contributed by atoms with Crippen molar-refractivity contribution in [2.45, 2.75) is 26.2 Å². The molecule has 0 aromatic rings. The van der Waals surface area contributed by atoms with Crippen LogP contribution in [0.1, 0.15) is 26.2 Å². The van der Waals surface area contributed by atoms with Crippen LogP contribution < -0.4 is 5.32 Å². The predicted octanol–water partition coefficient (Wildman–Crippen LogP) is 1.43. The van der Waals surface area contributed by atoms with Gasteiger partial charge in [-0.3, -0.25) is 9.59 Å². The number of carboxylic acid groups (broad SMARTS) is 1. The Bertz CT molecular complexity index is 351. The first-order chi connectivity index (χ1) is 8.15. The number of carboxylic acids is 1. The van der Waals surface area contributed by atoms with Crippen LogP contribution in [-0.4, -0.2) is 23.5 Å². The molecule has 0 saturated heterocycles. The Balaban J connectivity index is 2.01. The number of aliphatic carboxylic acids is 1. The monoisotopic (exact) mass is 237 g/mol. The minimum absolute atomic E-state index is 0.0550. The van der Waals surface area contributed by atoms with E-state index in [2.05, 4.69) is 12.2 Å². The summed E-state index contributed by atoms with van der Waals surface area (Å²) in [6.07, 6.45) is 6.76. The Kier molecular flexibility index (Phi) is 3.50. The maximum atomic E-state index is 12.0. The number of rotatable bonds is 5. The molecule has 1 saturated carbocycles. The van der Waals surface area contributed by atoms with E-state index in [1.807, 2.05) is 12.2 Å². The number of nitrogens with one attached hydrogen (secondary N) is 1. The zero-order valence-electron chi connectivity index (χ0n) is 10.1. The molecule has 17 heavy (non-hydrogen) atoms. The van der Waals surface area contributed by atoms with E-state index in [-0.39, 0.29) is 23.7 Å². The van der Waals surface area contributed by atoms with Crippen molar-refractivity contribution in [3.63, 3.8) is 0 Å². The lowest BCUT2D eigenvalue weighted by Crippen LogP contribution is -2.40. The summed E-state index contributed by atoms with van der Waals surface area (Å²) < 4.78 is 0. The van der Waals surface area contributed by atoms with Crippen molar-refractivity contribution in [1.82, 2.24) is 5.32 Å². The highest BCUT2D eigenvalue weighted by Crippen LogP contribution is 2.48. The number of allylic oxidation sites excluding steroid dienone is 2. The van der Waals surface area contributed by atoms with Gasteiger partial charge in [0.05, 0.1) is 11.8 Å². The van der Waals surface area contributed by atoms with Gasteiger partial charge in [-0.25, -0.2) is 0 Å². The van der Waals surface area contributed by atoms with Gasteiger partial charge in [-0.1, -0.05) is 25.5 Å². The topological polar surface area (TPSA) is 66.4 Å². The third kappa shape index (κ3) is 2.21. The third-order valence-electron chi connectivity index (χ3n) is 3.88. The first-order valence-corrected chi connectivity index (χ1v) is 6.34. The van der Waals surface area contributed by atoms with Crippen molar-refractivity contribution in [2.24, 2.45) is 23.7 Å². The molecule has 0 heterocycles. The zero-order valence-corrected chi connectivity index (χ0v) is 10.1. The van der Waals surface area contributed by atoms with Gasteiger partial charge in [-0.05, 0) is 24.7 Å². The maximum absolute atomic E-state index is 12.0. The second kappa shape index (κ2) is 4.90. The summed E-state index contributed by atoms with van der Waals surface area (Å²) in [7, 11) is 0. The van der Waals surface area contributed by atoms with Gasteiger partial charge in [0.1, 0.15) is 0 Å². The smallest absolute Gasteiger partial charge is 0.307 e. The summed E-state index contributed by atoms with van der Waals surface area (Å²) >= 11 is 0. The van der Waals surface area contributed by atoms with Crippen LogP contribution in [0.15, 0.2) is 12.2 Å². The molecule has 0 aromatic carbocycles. The average Bonchev–Trinajstić information content (AvgIpc) is 2.88. The number of amides is 1. The summed E-state index contributed by atoms with van der Waals surface area (Å²) in [4.78, 5) is 23.2. The van der Waals surface area contributed by atoms with Crippen LogP contribution in [0, 0.1) is 23.7 Å². The highest BCUT2D eigenvalue weighted by Gasteiger charge is 2.51. The summed E-state index contributed by atoms with van der Waals surface area (Å²) in [6.45, 7) is 2.71. The summed E-state index contributed by atoms with van der Waals surface area (Å²) in [5.41, 5.74) is 0. The number of carbonyl (C=O) groups excluding carboxylic acids is 1. The van der Waals surface area contributed by atoms with Crippen molar-refractivity contribution in [3.05, 3.63) is 12.2 Å². The molecule has 2 bridgehead atoms. The molecule has 4 atom stereocenters. The lowest BCUT2D eigenvalue weighted by atomic mass is 9.82. The zero-order chi connectivity index (χ0) is 12.4. The third-order valence-corrected chi connectivity index (χ3v) is 3.88. The quantitative estimate of drug-likeness (QED) is 0.561. The van der Waals surface area contributed by atoms with Gasteiger partial charge in [0.25, 0.3) is 0 Å². The first-order valence-electron chi connectivity index (χ1n) is 6.34. The van der Waals surface area contributed by atoms with E-state index in [1.54, 1.807) is 0 Å². The van der Waals surface area contributed by atoms with Gasteiger partial charge in [0.2, 0.25) is 5.91 Å². The lowest BCUT2D eigenvalue weighted by Gasteiger charge is -2.23. The van der Waals surface area contributed by atoms with E-state index < -0.39 is 11.9 Å². The standard InChI is InChI=1S/C13H19NO3/c1-2-3-6-14-12(15)10-8-4-5-9(7-8)11(10)13(16)17/h4-5,8-11H,2-3,6-7H2,1H3,(H,14,15)(H,16,17)/t8-,9+,10-,11+/m1/s1. The maximum Gasteiger partial charge on any atom is 0.307 e. The van der Waals surface area contributed by atoms with Gasteiger partial charge in [-0.15, -0.1) is 0 Å². The second-order valence-corrected chi connectivity index (χ2v) is 4.98. The fourth-order valence-electron chi connectivity index (χ4n) is 3.02. The van der Waals surface area contributed by atoms with Gasteiger partial charge < -0.3 is 10.4 Å². The number of fused-ring (bicyclic) bond motifs is 2. The van der Waals surface area contributed by atoms with Gasteiger partial charge in [0.15, 0.2) is 0 Å². The van der Waals surface area contributed by atoms with Crippen LogP contribution in [-0.2, 0) is 9.59 Å². The molecule has 1 amide bonds. The number of carbonyl (C=O) groups is 2. The largest absolute Gasteiger partial charge is 0.481 e. The van der Waals surface area contributed by atoms with E-state index in [0.29, 0.717) is 6.54 Å². The van der Waals surface area contributed by atoms with Gasteiger partial charge >= 0.3 is 5.97 Å². The van der Waals surface area contributed by atoms with E-state index in [1.165, 1.54) is 0 Å². The molecule has 4 heteroatoms. The van der Waals surface area contributed by atoms with Crippen molar-refractivity contribution >= 4 is 11.9 Å². The highest BCUT2D eigenvalue weighted by molar-refractivity contribution is 5.86. The molecule has 0 aromatic heterocycles. The molecule has 94 valence electrons. The summed E-state index contributed by atoms with van der Waals surface area (Å²) in [5.74, 6) is -1.62. The van der Waals surface area contributed by atoms with Crippen molar-refractivity contribution < 1.29 is 14.7 Å². The molecule has 2 aliphatic rings. The highest BCUT2D eigenvalue weighted by atomic mass is 16.4. The van der Waals surface area contributed by atoms with Crippen LogP contribution in [0.2, 0.25) is 0 Å². The molecular formula is C13H19NO3. The summed E-state index contributed by atoms with van der Waals surface area (Å²) in [5, 5.41) is 12.1. The summed E-state index contributed by atoms with van der Waals surface area (Å²) in [6, 6.07) is 0. The van der Waals surface area contributed by atoms with Crippen LogP contribution >= 0.6 is 0 Å². The van der Waals surface area contributed by atoms with Crippen LogP contribution in [0.5, 0.6) is 0 Å². The SMILES string of the molecule is CCCCNC(=O)[C@H]1[C@@H](C(=O)O)[C@H]2C=C[C@@H]1C2. The molecule has 0 unspecified atom stereocenters. The molecule has 2 N–H and O–H groups in total. The fraction of sp³-hybridized carbons (Fsp3) is 0.692. The van der Waals surface area contributed by atoms with Crippen LogP contribution in [0.4, 0.5) is 0 Å². The first kappa shape index (κ1) is 12.1. The van der Waals surface area contributed by atoms with Crippen molar-refractivity contribution in [2.75, 3.05) is 6.54 Å². The molecule has 0 radical (unpaired) electrons. The van der Waals surface area contributed by atoms with E-state index in [0.717, 1.165) is 19.3 Å². The minimum Gasteiger partial charge on any atom is -0.481 e. The number of unbranched alkanes of at least 4 members (excludes halogenated alkanes) is 1. The molecule has 1 fully saturated rings. The normalized spacial score (nSPS) is 33.9. The minimum atomic E-state index is -0.836. The van der Waals surface area contributed by atoms with E-state index in [4.69, 9.17) is 0 Å². The van der Waals surface area contributed by atoms with Crippen LogP contribution in [0.25, 0.3) is 0 Å². The Morgan fingerprint density at radius 2 is 1.94 bits per heavy atom. The number of hydrogen-bond acceptors (Lipinski definition) is 2. The molecule has 2 rings (SSSR count). The van der Waals surface area contributed by atoms with Crippen molar-refractivity contribution in [3.8, 4) is 0 Å². The van der Waals surface area contributed by atoms with Crippen molar-refractivity contribution in [1.29, 1.82) is 0 Å². The Labute approximate surface area is 101 Å². The predicted molar refractivity (Wildman–Crippen MR) is 63.3 cm³/mol. The Morgan fingerprint density at radius 1 is 1.29 bits per heavy atom. The Morgan fingerprint density at radius 3 is 2.53 bits per heavy atom. The Hall–Kier alpha value is -1.32. The molecule has 0 aliphatic heterocycles. The lowest BCUT2D eigenvalue weighted by molar-refractivity contribution is -0.147. The number of hydrogen-bond donors (Lipinski definition) is 2. The van der Waals surface area contributed by atoms with Crippen LogP contribution in [0.3, 0.4) is 0 Å². The fourth-order valence-corrected chi connectivity index (χ4v) is 3.02. The van der Waals surface area contributed by atoms with E-state index >= 15 is 0 Å². The molecule has 0 spiro atoms. The van der Waals surface area contributed by atoms with E-state index in [9.17, 15) is 14.7 Å². The van der Waals surface area contributed by atoms with Gasteiger partial charge in [0, 0.05) is 6.54 Å².